The van der Waals surface area contributed by atoms with E-state index in [0.29, 0.717) is 12.0 Å². The molecule has 0 saturated heterocycles. The molecular weight excluding hydrogens is 138 g/mol. The van der Waals surface area contributed by atoms with Crippen LogP contribution in [0, 0.1) is 5.92 Å². The number of fused-ring (bicyclic) bond motifs is 1. The summed E-state index contributed by atoms with van der Waals surface area (Å²) in [6.07, 6.45) is 7.01. The van der Waals surface area contributed by atoms with Crippen LogP contribution in [0.25, 0.3) is 0 Å². The highest BCUT2D eigenvalue weighted by Crippen LogP contribution is 2.33. The zero-order chi connectivity index (χ0) is 7.68. The molecule has 2 nitrogen and oxygen atoms in total. The minimum absolute atomic E-state index is 0.504. The fourth-order valence-electron chi connectivity index (χ4n) is 2.21. The van der Waals surface area contributed by atoms with Gasteiger partial charge in [-0.25, -0.2) is 0 Å². The van der Waals surface area contributed by atoms with Crippen molar-refractivity contribution in [2.24, 2.45) is 10.9 Å². The highest BCUT2D eigenvalue weighted by atomic mass is 16.1. The number of aliphatic imine (C=N–C) groups is 1. The maximum atomic E-state index is 10.4. The van der Waals surface area contributed by atoms with E-state index in [9.17, 15) is 4.79 Å². The molecule has 0 aromatic heterocycles. The molecule has 0 spiro atoms. The smallest absolute Gasteiger partial charge is 0.163 e. The average molecular weight is 151 g/mol. The fraction of sp³-hybridized carbons (Fsp3) is 0.778. The van der Waals surface area contributed by atoms with Crippen LogP contribution < -0.4 is 0 Å². The summed E-state index contributed by atoms with van der Waals surface area (Å²) in [5.41, 5.74) is 0.807. The van der Waals surface area contributed by atoms with Gasteiger partial charge in [-0.3, -0.25) is 9.79 Å². The van der Waals surface area contributed by atoms with Gasteiger partial charge in [-0.2, -0.15) is 0 Å². The van der Waals surface area contributed by atoms with Gasteiger partial charge in [0.15, 0.2) is 6.29 Å². The standard InChI is InChI=1S/C9H13NO/c11-6-8-5-7-3-1-2-4-9(7)10-8/h6-7,9H,1-5H2/t7-,9-/m0/s1. The molecule has 1 aliphatic carbocycles. The minimum atomic E-state index is 0.504. The first kappa shape index (κ1) is 7.01. The van der Waals surface area contributed by atoms with Crippen LogP contribution in [0.1, 0.15) is 32.1 Å². The molecule has 1 heterocycles. The highest BCUT2D eigenvalue weighted by Gasteiger charge is 2.30. The molecule has 0 radical (unpaired) electrons. The summed E-state index contributed by atoms with van der Waals surface area (Å²) < 4.78 is 0. The van der Waals surface area contributed by atoms with Gasteiger partial charge in [-0.05, 0) is 25.2 Å². The summed E-state index contributed by atoms with van der Waals surface area (Å²) in [7, 11) is 0. The second-order valence-corrected chi connectivity index (χ2v) is 3.55. The summed E-state index contributed by atoms with van der Waals surface area (Å²) in [5.74, 6) is 0.712. The van der Waals surface area contributed by atoms with Gasteiger partial charge >= 0.3 is 0 Å². The topological polar surface area (TPSA) is 29.4 Å². The third-order valence-electron chi connectivity index (χ3n) is 2.81. The SMILES string of the molecule is O=CC1=N[C@H]2CCCC[C@H]2C1. The molecule has 0 aromatic carbocycles. The van der Waals surface area contributed by atoms with E-state index in [1.165, 1.54) is 25.7 Å². The Morgan fingerprint density at radius 2 is 2.18 bits per heavy atom. The Morgan fingerprint density at radius 3 is 2.91 bits per heavy atom. The molecule has 2 heteroatoms. The van der Waals surface area contributed by atoms with Crippen molar-refractivity contribution in [1.29, 1.82) is 0 Å². The number of hydrogen-bond acceptors (Lipinski definition) is 2. The molecule has 2 atom stereocenters. The second-order valence-electron chi connectivity index (χ2n) is 3.55. The second kappa shape index (κ2) is 2.76. The van der Waals surface area contributed by atoms with Crippen LogP contribution in [0.5, 0.6) is 0 Å². The van der Waals surface area contributed by atoms with Gasteiger partial charge in [0.1, 0.15) is 0 Å². The summed E-state index contributed by atoms with van der Waals surface area (Å²) >= 11 is 0. The van der Waals surface area contributed by atoms with Gasteiger partial charge in [-0.1, -0.05) is 12.8 Å². The van der Waals surface area contributed by atoms with Crippen LogP contribution in [0.15, 0.2) is 4.99 Å². The lowest BCUT2D eigenvalue weighted by molar-refractivity contribution is -0.102. The van der Waals surface area contributed by atoms with Crippen molar-refractivity contribution in [3.63, 3.8) is 0 Å². The van der Waals surface area contributed by atoms with Crippen molar-refractivity contribution in [1.82, 2.24) is 0 Å². The Morgan fingerprint density at radius 1 is 1.36 bits per heavy atom. The molecule has 0 unspecified atom stereocenters. The van der Waals surface area contributed by atoms with E-state index in [1.807, 2.05) is 0 Å². The third kappa shape index (κ3) is 1.22. The van der Waals surface area contributed by atoms with Crippen LogP contribution in [0.4, 0.5) is 0 Å². The number of aldehydes is 1. The average Bonchev–Trinajstić information content (AvgIpc) is 2.46. The maximum absolute atomic E-state index is 10.4. The van der Waals surface area contributed by atoms with Crippen LogP contribution >= 0.6 is 0 Å². The maximum Gasteiger partial charge on any atom is 0.163 e. The van der Waals surface area contributed by atoms with Crippen LogP contribution in [-0.4, -0.2) is 18.0 Å². The predicted octanol–water partition coefficient (Wildman–Crippen LogP) is 1.59. The van der Waals surface area contributed by atoms with E-state index in [1.54, 1.807) is 0 Å². The third-order valence-corrected chi connectivity index (χ3v) is 2.81. The van der Waals surface area contributed by atoms with Crippen molar-refractivity contribution in [2.75, 3.05) is 0 Å². The van der Waals surface area contributed by atoms with Gasteiger partial charge in [-0.15, -0.1) is 0 Å². The Labute approximate surface area is 66.7 Å². The quantitative estimate of drug-likeness (QED) is 0.523. The van der Waals surface area contributed by atoms with E-state index < -0.39 is 0 Å². The zero-order valence-corrected chi connectivity index (χ0v) is 6.62. The van der Waals surface area contributed by atoms with Crippen molar-refractivity contribution in [3.05, 3.63) is 0 Å². The highest BCUT2D eigenvalue weighted by molar-refractivity contribution is 6.29. The van der Waals surface area contributed by atoms with Crippen LogP contribution in [0.3, 0.4) is 0 Å². The minimum Gasteiger partial charge on any atom is -0.297 e. The monoisotopic (exact) mass is 151 g/mol. The van der Waals surface area contributed by atoms with E-state index in [-0.39, 0.29) is 0 Å². The van der Waals surface area contributed by atoms with E-state index in [4.69, 9.17) is 0 Å². The lowest BCUT2D eigenvalue weighted by Crippen LogP contribution is -2.18. The summed E-state index contributed by atoms with van der Waals surface area (Å²) in [6, 6.07) is 0.504. The lowest BCUT2D eigenvalue weighted by atomic mass is 9.84. The van der Waals surface area contributed by atoms with Gasteiger partial charge < -0.3 is 0 Å². The number of hydrogen-bond donors (Lipinski definition) is 0. The van der Waals surface area contributed by atoms with Crippen molar-refractivity contribution in [3.8, 4) is 0 Å². The number of carbonyl (C=O) groups is 1. The molecule has 0 N–H and O–H groups in total. The predicted molar refractivity (Wildman–Crippen MR) is 43.9 cm³/mol. The van der Waals surface area contributed by atoms with E-state index in [0.717, 1.165) is 18.4 Å². The number of rotatable bonds is 1. The Kier molecular flexibility index (Phi) is 1.76. The summed E-state index contributed by atoms with van der Waals surface area (Å²) in [5, 5.41) is 0. The normalized spacial score (nSPS) is 36.2. The van der Waals surface area contributed by atoms with Gasteiger partial charge in [0, 0.05) is 0 Å². The first-order valence-corrected chi connectivity index (χ1v) is 4.42. The molecule has 1 saturated carbocycles. The van der Waals surface area contributed by atoms with E-state index >= 15 is 0 Å². The summed E-state index contributed by atoms with van der Waals surface area (Å²) in [6.45, 7) is 0. The van der Waals surface area contributed by atoms with Crippen LogP contribution in [0.2, 0.25) is 0 Å². The first-order valence-electron chi connectivity index (χ1n) is 4.42. The largest absolute Gasteiger partial charge is 0.297 e. The Hall–Kier alpha value is -0.660. The molecule has 1 aliphatic heterocycles. The molecule has 2 aliphatic rings. The number of carbonyl (C=O) groups excluding carboxylic acids is 1. The van der Waals surface area contributed by atoms with Crippen molar-refractivity contribution in [2.45, 2.75) is 38.1 Å². The van der Waals surface area contributed by atoms with Gasteiger partial charge in [0.05, 0.1) is 11.8 Å². The number of nitrogens with zero attached hydrogens (tertiary/aromatic N) is 1. The van der Waals surface area contributed by atoms with Gasteiger partial charge in [0.25, 0.3) is 0 Å². The lowest BCUT2D eigenvalue weighted by Gasteiger charge is -2.22. The zero-order valence-electron chi connectivity index (χ0n) is 6.62. The van der Waals surface area contributed by atoms with Crippen LogP contribution in [-0.2, 0) is 4.79 Å². The fourth-order valence-corrected chi connectivity index (χ4v) is 2.21. The molecule has 2 rings (SSSR count). The Balaban J connectivity index is 2.07. The molecule has 0 aromatic rings. The van der Waals surface area contributed by atoms with Crippen molar-refractivity contribution >= 4 is 12.0 Å². The molecule has 0 bridgehead atoms. The Bertz CT molecular complexity index is 198. The van der Waals surface area contributed by atoms with Gasteiger partial charge in [0.2, 0.25) is 0 Å². The molecule has 60 valence electrons. The molecule has 1 fully saturated rings. The van der Waals surface area contributed by atoms with E-state index in [2.05, 4.69) is 4.99 Å². The summed E-state index contributed by atoms with van der Waals surface area (Å²) in [4.78, 5) is 14.8. The molecular formula is C9H13NO. The first-order chi connectivity index (χ1) is 5.40. The van der Waals surface area contributed by atoms with Crippen molar-refractivity contribution < 1.29 is 4.79 Å². The molecule has 0 amide bonds. The molecule has 11 heavy (non-hydrogen) atoms.